The van der Waals surface area contributed by atoms with Gasteiger partial charge >= 0.3 is 0 Å². The number of likely N-dealkylation sites (N-methyl/N-ethyl adjacent to an activating group) is 1. The number of hydrogen-bond donors (Lipinski definition) is 1. The predicted octanol–water partition coefficient (Wildman–Crippen LogP) is 2.66. The molecule has 1 aromatic heterocycles. The standard InChI is InChI=1S/C31H36N6O5/c1-35(2)31(40)25-16-32-17-28(33-25)37-13-12-27-26(18-37)34-29(38)19-36(3)30(39)11-10-21-6-4-8-23(14-21)42-24-9-5-7-22(15-24)20-41-27/h4-9,14-17,26-27H,10-13,18-20H2,1-3H3,(H,34,38)/t26-,27+/m0/s1. The van der Waals surface area contributed by atoms with E-state index in [1.165, 1.54) is 16.0 Å². The molecule has 2 atom stereocenters. The molecule has 0 spiro atoms. The summed E-state index contributed by atoms with van der Waals surface area (Å²) in [6, 6.07) is 15.0. The molecule has 220 valence electrons. The van der Waals surface area contributed by atoms with E-state index in [0.29, 0.717) is 49.9 Å². The first-order chi connectivity index (χ1) is 20.2. The zero-order valence-corrected chi connectivity index (χ0v) is 24.2. The second-order valence-corrected chi connectivity index (χ2v) is 10.9. The minimum atomic E-state index is -0.386. The van der Waals surface area contributed by atoms with E-state index >= 15 is 0 Å². The van der Waals surface area contributed by atoms with E-state index in [4.69, 9.17) is 9.47 Å². The summed E-state index contributed by atoms with van der Waals surface area (Å²) >= 11 is 0. The van der Waals surface area contributed by atoms with Crippen LogP contribution >= 0.6 is 0 Å². The Morgan fingerprint density at radius 3 is 2.52 bits per heavy atom. The molecule has 4 bridgehead atoms. The SMILES string of the molecule is CN(C)C(=O)c1cncc(N2CC[C@H]3OCc4cccc(c4)Oc4cccc(c4)CCC(=O)N(C)CC(=O)N[C@H]3C2)n1. The first kappa shape index (κ1) is 29.0. The van der Waals surface area contributed by atoms with Gasteiger partial charge in [0.25, 0.3) is 5.91 Å². The van der Waals surface area contributed by atoms with Crippen LogP contribution in [0.25, 0.3) is 0 Å². The van der Waals surface area contributed by atoms with E-state index in [9.17, 15) is 14.4 Å². The lowest BCUT2D eigenvalue weighted by atomic mass is 10.0. The van der Waals surface area contributed by atoms with Crippen molar-refractivity contribution in [2.75, 3.05) is 45.7 Å². The number of aryl methyl sites for hydroxylation is 1. The number of ether oxygens (including phenoxy) is 2. The molecule has 2 aliphatic rings. The summed E-state index contributed by atoms with van der Waals surface area (Å²) in [6.07, 6.45) is 4.19. The maximum absolute atomic E-state index is 13.2. The molecule has 11 heteroatoms. The number of amides is 3. The fourth-order valence-electron chi connectivity index (χ4n) is 5.12. The van der Waals surface area contributed by atoms with Crippen molar-refractivity contribution in [3.8, 4) is 11.5 Å². The van der Waals surface area contributed by atoms with E-state index in [2.05, 4.69) is 15.3 Å². The monoisotopic (exact) mass is 572 g/mol. The number of fused-ring (bicyclic) bond motifs is 5. The molecule has 1 N–H and O–H groups in total. The number of nitrogens with one attached hydrogen (secondary N) is 1. The third-order valence-corrected chi connectivity index (χ3v) is 7.40. The van der Waals surface area contributed by atoms with Crippen molar-refractivity contribution >= 4 is 23.5 Å². The number of piperidine rings is 1. The van der Waals surface area contributed by atoms with Crippen molar-refractivity contribution in [1.82, 2.24) is 25.1 Å². The summed E-state index contributed by atoms with van der Waals surface area (Å²) in [7, 11) is 4.96. The Bertz CT molecular complexity index is 1450. The van der Waals surface area contributed by atoms with Gasteiger partial charge in [-0.05, 0) is 48.2 Å². The van der Waals surface area contributed by atoms with Gasteiger partial charge in [0.1, 0.15) is 23.0 Å². The van der Waals surface area contributed by atoms with Gasteiger partial charge in [-0.3, -0.25) is 19.4 Å². The molecule has 0 saturated carbocycles. The molecule has 0 aliphatic carbocycles. The van der Waals surface area contributed by atoms with Crippen LogP contribution in [0.1, 0.15) is 34.5 Å². The number of nitrogens with zero attached hydrogens (tertiary/aromatic N) is 5. The van der Waals surface area contributed by atoms with Gasteiger partial charge in [-0.2, -0.15) is 0 Å². The van der Waals surface area contributed by atoms with E-state index in [1.54, 1.807) is 27.3 Å². The van der Waals surface area contributed by atoms with Crippen LogP contribution in [0.15, 0.2) is 60.9 Å². The maximum atomic E-state index is 13.2. The van der Waals surface area contributed by atoms with E-state index in [0.717, 1.165) is 11.1 Å². The number of carbonyl (C=O) groups excluding carboxylic acids is 3. The molecule has 0 unspecified atom stereocenters. The normalized spacial score (nSPS) is 20.0. The molecule has 1 saturated heterocycles. The highest BCUT2D eigenvalue weighted by Gasteiger charge is 2.33. The number of aromatic nitrogens is 2. The molecule has 42 heavy (non-hydrogen) atoms. The molecule has 0 radical (unpaired) electrons. The Morgan fingerprint density at radius 1 is 1.02 bits per heavy atom. The number of benzene rings is 2. The van der Waals surface area contributed by atoms with Gasteiger partial charge in [-0.1, -0.05) is 24.3 Å². The number of carbonyl (C=O) groups is 3. The quantitative estimate of drug-likeness (QED) is 0.498. The molecule has 5 rings (SSSR count). The fraction of sp³-hybridized carbons (Fsp3) is 0.387. The number of anilines is 1. The summed E-state index contributed by atoms with van der Waals surface area (Å²) in [5.74, 6) is 1.30. The zero-order chi connectivity index (χ0) is 29.6. The summed E-state index contributed by atoms with van der Waals surface area (Å²) in [6.45, 7) is 1.27. The average Bonchev–Trinajstić information content (AvgIpc) is 2.98. The third kappa shape index (κ3) is 7.22. The maximum Gasteiger partial charge on any atom is 0.273 e. The topological polar surface area (TPSA) is 117 Å². The first-order valence-electron chi connectivity index (χ1n) is 14.0. The molecule has 1 fully saturated rings. The highest BCUT2D eigenvalue weighted by molar-refractivity contribution is 5.92. The Labute approximate surface area is 245 Å². The summed E-state index contributed by atoms with van der Waals surface area (Å²) in [5, 5.41) is 3.09. The lowest BCUT2D eigenvalue weighted by Gasteiger charge is -2.39. The van der Waals surface area contributed by atoms with Gasteiger partial charge in [0.2, 0.25) is 11.8 Å². The molecule has 3 aromatic rings. The average molecular weight is 573 g/mol. The molecular weight excluding hydrogens is 536 g/mol. The van der Waals surface area contributed by atoms with Crippen molar-refractivity contribution in [2.24, 2.45) is 0 Å². The van der Waals surface area contributed by atoms with Gasteiger partial charge in [0, 0.05) is 40.7 Å². The Morgan fingerprint density at radius 2 is 1.76 bits per heavy atom. The molecule has 3 amide bonds. The van der Waals surface area contributed by atoms with E-state index in [1.807, 2.05) is 53.4 Å². The molecular formula is C31H36N6O5. The van der Waals surface area contributed by atoms with Crippen LogP contribution in [0.3, 0.4) is 0 Å². The van der Waals surface area contributed by atoms with Crippen LogP contribution < -0.4 is 15.0 Å². The summed E-state index contributed by atoms with van der Waals surface area (Å²) in [5.41, 5.74) is 2.17. The summed E-state index contributed by atoms with van der Waals surface area (Å²) in [4.78, 5) is 52.1. The molecule has 11 nitrogen and oxygen atoms in total. The Balaban J connectivity index is 1.38. The molecule has 3 heterocycles. The summed E-state index contributed by atoms with van der Waals surface area (Å²) < 4.78 is 12.5. The van der Waals surface area contributed by atoms with Gasteiger partial charge in [0.05, 0.1) is 37.7 Å². The van der Waals surface area contributed by atoms with Crippen LogP contribution in [-0.2, 0) is 27.4 Å². The van der Waals surface area contributed by atoms with Crippen molar-refractivity contribution in [3.05, 3.63) is 77.7 Å². The van der Waals surface area contributed by atoms with Crippen LogP contribution in [0.4, 0.5) is 5.82 Å². The van der Waals surface area contributed by atoms with Crippen LogP contribution in [0.2, 0.25) is 0 Å². The first-order valence-corrected chi connectivity index (χ1v) is 14.0. The van der Waals surface area contributed by atoms with Crippen molar-refractivity contribution in [1.29, 1.82) is 0 Å². The highest BCUT2D eigenvalue weighted by Crippen LogP contribution is 2.26. The third-order valence-electron chi connectivity index (χ3n) is 7.40. The second kappa shape index (κ2) is 13.0. The van der Waals surface area contributed by atoms with Crippen molar-refractivity contribution in [3.63, 3.8) is 0 Å². The van der Waals surface area contributed by atoms with Gasteiger partial charge in [-0.25, -0.2) is 4.98 Å². The molecule has 2 aliphatic heterocycles. The second-order valence-electron chi connectivity index (χ2n) is 10.9. The highest BCUT2D eigenvalue weighted by atomic mass is 16.5. The van der Waals surface area contributed by atoms with Gasteiger partial charge in [-0.15, -0.1) is 0 Å². The lowest BCUT2D eigenvalue weighted by Crippen LogP contribution is -2.57. The minimum Gasteiger partial charge on any atom is -0.457 e. The van der Waals surface area contributed by atoms with Gasteiger partial charge in [0.15, 0.2) is 0 Å². The van der Waals surface area contributed by atoms with E-state index in [-0.39, 0.29) is 48.5 Å². The van der Waals surface area contributed by atoms with Crippen LogP contribution in [0.5, 0.6) is 11.5 Å². The Hall–Kier alpha value is -4.51. The smallest absolute Gasteiger partial charge is 0.273 e. The van der Waals surface area contributed by atoms with Crippen molar-refractivity contribution in [2.45, 2.75) is 38.0 Å². The molecule has 2 aromatic carbocycles. The van der Waals surface area contributed by atoms with E-state index < -0.39 is 0 Å². The fourth-order valence-corrected chi connectivity index (χ4v) is 5.12. The van der Waals surface area contributed by atoms with Gasteiger partial charge < -0.3 is 29.5 Å². The predicted molar refractivity (Wildman–Crippen MR) is 156 cm³/mol. The minimum absolute atomic E-state index is 0.0696. The largest absolute Gasteiger partial charge is 0.457 e. The number of hydrogen-bond acceptors (Lipinski definition) is 8. The van der Waals surface area contributed by atoms with Crippen LogP contribution in [0, 0.1) is 0 Å². The number of rotatable bonds is 2. The van der Waals surface area contributed by atoms with Crippen molar-refractivity contribution < 1.29 is 23.9 Å². The lowest BCUT2D eigenvalue weighted by molar-refractivity contribution is -0.135. The zero-order valence-electron chi connectivity index (χ0n) is 24.2. The van der Waals surface area contributed by atoms with Crippen LogP contribution in [-0.4, -0.2) is 90.4 Å². The Kier molecular flexibility index (Phi) is 8.97.